The summed E-state index contributed by atoms with van der Waals surface area (Å²) in [4.78, 5) is 6.15. The van der Waals surface area contributed by atoms with E-state index in [4.69, 9.17) is 0 Å². The largest absolute Gasteiger partial charge is 0.366 e. The highest BCUT2D eigenvalue weighted by Crippen LogP contribution is 1.82. The van der Waals surface area contributed by atoms with E-state index in [1.54, 1.807) is 6.20 Å². The Kier molecular flexibility index (Phi) is 7.70. The van der Waals surface area contributed by atoms with E-state index in [0.29, 0.717) is 0 Å². The molecule has 0 aliphatic rings. The monoisotopic (exact) mass is 169 g/mol. The normalized spacial score (nSPS) is 11.6. The van der Waals surface area contributed by atoms with Gasteiger partial charge in [-0.1, -0.05) is 6.08 Å². The zero-order valence-electron chi connectivity index (χ0n) is 8.25. The Morgan fingerprint density at radius 1 is 1.50 bits per heavy atom. The van der Waals surface area contributed by atoms with Crippen LogP contribution in [0.2, 0.25) is 0 Å². The Bertz CT molecular complexity index is 141. The first-order chi connectivity index (χ1) is 5.81. The molecular formula is C9H19N3. The second kappa shape index (κ2) is 8.27. The predicted octanol–water partition coefficient (Wildman–Crippen LogP) is 1.09. The molecule has 0 aromatic carbocycles. The summed E-state index contributed by atoms with van der Waals surface area (Å²) in [5.74, 6) is 0. The molecule has 0 atom stereocenters. The van der Waals surface area contributed by atoms with Crippen molar-refractivity contribution in [2.75, 3.05) is 27.2 Å². The summed E-state index contributed by atoms with van der Waals surface area (Å²) >= 11 is 0. The van der Waals surface area contributed by atoms with E-state index >= 15 is 0 Å². The van der Waals surface area contributed by atoms with Crippen LogP contribution in [0.3, 0.4) is 0 Å². The molecule has 0 saturated heterocycles. The predicted molar refractivity (Wildman–Crippen MR) is 54.5 cm³/mol. The summed E-state index contributed by atoms with van der Waals surface area (Å²) < 4.78 is 0. The number of aliphatic imine (C=N–C) groups is 1. The Morgan fingerprint density at radius 2 is 2.25 bits per heavy atom. The highest BCUT2D eigenvalue weighted by Gasteiger charge is 1.89. The summed E-state index contributed by atoms with van der Waals surface area (Å²) in [6.45, 7) is 4.06. The third-order valence-corrected chi connectivity index (χ3v) is 1.44. The molecule has 0 aromatic rings. The fourth-order valence-corrected chi connectivity index (χ4v) is 0.801. The van der Waals surface area contributed by atoms with Crippen LogP contribution >= 0.6 is 0 Å². The van der Waals surface area contributed by atoms with Gasteiger partial charge in [0, 0.05) is 19.8 Å². The summed E-state index contributed by atoms with van der Waals surface area (Å²) in [6, 6.07) is 0. The Hall–Kier alpha value is -0.830. The van der Waals surface area contributed by atoms with Crippen molar-refractivity contribution < 1.29 is 0 Å². The fourth-order valence-electron chi connectivity index (χ4n) is 0.801. The van der Waals surface area contributed by atoms with E-state index in [-0.39, 0.29) is 0 Å². The number of nitrogens with one attached hydrogen (secondary N) is 1. The van der Waals surface area contributed by atoms with Crippen LogP contribution in [0.15, 0.2) is 17.3 Å². The van der Waals surface area contributed by atoms with Crippen molar-refractivity contribution in [3.8, 4) is 0 Å². The van der Waals surface area contributed by atoms with Gasteiger partial charge in [-0.05, 0) is 26.9 Å². The van der Waals surface area contributed by atoms with E-state index in [1.165, 1.54) is 0 Å². The second-order valence-corrected chi connectivity index (χ2v) is 2.68. The standard InChI is InChI=1S/C9H19N3/c1-4-6-11-9-12(3)8-5-7-10-2/h4,6,9-10H,5,7-8H2,1-3H3/b6-4+,11-9+. The van der Waals surface area contributed by atoms with Gasteiger partial charge in [-0.2, -0.15) is 0 Å². The summed E-state index contributed by atoms with van der Waals surface area (Å²) in [6.07, 6.45) is 6.69. The van der Waals surface area contributed by atoms with Gasteiger partial charge in [-0.15, -0.1) is 0 Å². The van der Waals surface area contributed by atoms with Crippen molar-refractivity contribution in [1.29, 1.82) is 0 Å². The first kappa shape index (κ1) is 11.2. The minimum atomic E-state index is 1.04. The molecule has 70 valence electrons. The van der Waals surface area contributed by atoms with Gasteiger partial charge < -0.3 is 10.2 Å². The lowest BCUT2D eigenvalue weighted by atomic mass is 10.4. The summed E-state index contributed by atoms with van der Waals surface area (Å²) in [5, 5.41) is 3.11. The molecule has 0 saturated carbocycles. The number of hydrogen-bond acceptors (Lipinski definition) is 2. The molecule has 0 rings (SSSR count). The number of hydrogen-bond donors (Lipinski definition) is 1. The molecule has 0 fully saturated rings. The van der Waals surface area contributed by atoms with Crippen molar-refractivity contribution in [2.45, 2.75) is 13.3 Å². The molecular weight excluding hydrogens is 150 g/mol. The molecule has 0 unspecified atom stereocenters. The molecule has 0 aliphatic heterocycles. The van der Waals surface area contributed by atoms with Crippen LogP contribution in [-0.4, -0.2) is 38.4 Å². The molecule has 0 amide bonds. The first-order valence-electron chi connectivity index (χ1n) is 4.30. The molecule has 12 heavy (non-hydrogen) atoms. The number of allylic oxidation sites excluding steroid dienone is 1. The van der Waals surface area contributed by atoms with Crippen LogP contribution in [0.4, 0.5) is 0 Å². The van der Waals surface area contributed by atoms with Gasteiger partial charge in [0.25, 0.3) is 0 Å². The van der Waals surface area contributed by atoms with Crippen molar-refractivity contribution in [3.63, 3.8) is 0 Å². The highest BCUT2D eigenvalue weighted by molar-refractivity contribution is 5.55. The van der Waals surface area contributed by atoms with E-state index in [9.17, 15) is 0 Å². The third kappa shape index (κ3) is 7.28. The van der Waals surface area contributed by atoms with Crippen molar-refractivity contribution in [2.24, 2.45) is 4.99 Å². The van der Waals surface area contributed by atoms with Gasteiger partial charge in [0.05, 0.1) is 6.34 Å². The SMILES string of the molecule is C/C=C/N=C/N(C)CCCNC. The lowest BCUT2D eigenvalue weighted by Crippen LogP contribution is -2.21. The Labute approximate surface area is 75.2 Å². The molecule has 0 aromatic heterocycles. The van der Waals surface area contributed by atoms with Crippen molar-refractivity contribution in [1.82, 2.24) is 10.2 Å². The summed E-state index contributed by atoms with van der Waals surface area (Å²) in [7, 11) is 4.00. The van der Waals surface area contributed by atoms with E-state index < -0.39 is 0 Å². The maximum Gasteiger partial charge on any atom is 0.0902 e. The Balaban J connectivity index is 3.38. The van der Waals surface area contributed by atoms with Crippen LogP contribution in [0.1, 0.15) is 13.3 Å². The number of rotatable bonds is 6. The van der Waals surface area contributed by atoms with Gasteiger partial charge in [0.1, 0.15) is 0 Å². The van der Waals surface area contributed by atoms with E-state index in [1.807, 2.05) is 33.4 Å². The minimum absolute atomic E-state index is 1.04. The van der Waals surface area contributed by atoms with Crippen LogP contribution < -0.4 is 5.32 Å². The van der Waals surface area contributed by atoms with Crippen molar-refractivity contribution >= 4 is 6.34 Å². The third-order valence-electron chi connectivity index (χ3n) is 1.44. The van der Waals surface area contributed by atoms with Crippen LogP contribution in [-0.2, 0) is 0 Å². The number of nitrogens with zero attached hydrogens (tertiary/aromatic N) is 2. The smallest absolute Gasteiger partial charge is 0.0902 e. The van der Waals surface area contributed by atoms with Gasteiger partial charge in [-0.3, -0.25) is 0 Å². The fraction of sp³-hybridized carbons (Fsp3) is 0.667. The van der Waals surface area contributed by atoms with Gasteiger partial charge in [0.2, 0.25) is 0 Å². The van der Waals surface area contributed by atoms with Crippen LogP contribution in [0.5, 0.6) is 0 Å². The molecule has 3 heteroatoms. The van der Waals surface area contributed by atoms with E-state index in [2.05, 4.69) is 15.2 Å². The van der Waals surface area contributed by atoms with Crippen LogP contribution in [0.25, 0.3) is 0 Å². The zero-order chi connectivity index (χ0) is 9.23. The average Bonchev–Trinajstić information content (AvgIpc) is 2.06. The van der Waals surface area contributed by atoms with Gasteiger partial charge >= 0.3 is 0 Å². The van der Waals surface area contributed by atoms with Crippen molar-refractivity contribution in [3.05, 3.63) is 12.3 Å². The lowest BCUT2D eigenvalue weighted by molar-refractivity contribution is 0.494. The molecule has 0 bridgehead atoms. The van der Waals surface area contributed by atoms with E-state index in [0.717, 1.165) is 19.5 Å². The van der Waals surface area contributed by atoms with Gasteiger partial charge in [0.15, 0.2) is 0 Å². The zero-order valence-corrected chi connectivity index (χ0v) is 8.25. The Morgan fingerprint density at radius 3 is 2.83 bits per heavy atom. The lowest BCUT2D eigenvalue weighted by Gasteiger charge is -2.11. The molecule has 0 heterocycles. The topological polar surface area (TPSA) is 27.6 Å². The average molecular weight is 169 g/mol. The minimum Gasteiger partial charge on any atom is -0.366 e. The highest BCUT2D eigenvalue weighted by atomic mass is 15.1. The molecule has 0 radical (unpaired) electrons. The molecule has 1 N–H and O–H groups in total. The quantitative estimate of drug-likeness (QED) is 0.366. The first-order valence-corrected chi connectivity index (χ1v) is 4.30. The molecule has 3 nitrogen and oxygen atoms in total. The summed E-state index contributed by atoms with van der Waals surface area (Å²) in [5.41, 5.74) is 0. The molecule has 0 spiro atoms. The van der Waals surface area contributed by atoms with Gasteiger partial charge in [-0.25, -0.2) is 4.99 Å². The second-order valence-electron chi connectivity index (χ2n) is 2.68. The maximum absolute atomic E-state index is 4.07. The van der Waals surface area contributed by atoms with Crippen LogP contribution in [0, 0.1) is 0 Å². The molecule has 0 aliphatic carbocycles. The maximum atomic E-state index is 4.07.